The third-order valence-electron chi connectivity index (χ3n) is 4.58. The zero-order valence-corrected chi connectivity index (χ0v) is 16.0. The van der Waals surface area contributed by atoms with Crippen molar-refractivity contribution in [3.63, 3.8) is 0 Å². The van der Waals surface area contributed by atoms with Crippen molar-refractivity contribution in [2.75, 3.05) is 16.8 Å². The van der Waals surface area contributed by atoms with Crippen molar-refractivity contribution in [3.8, 4) is 5.75 Å². The van der Waals surface area contributed by atoms with Crippen LogP contribution in [0.5, 0.6) is 5.75 Å². The minimum absolute atomic E-state index is 0.0528. The van der Waals surface area contributed by atoms with Crippen LogP contribution in [0.2, 0.25) is 0 Å². The number of amides is 1. The fourth-order valence-electron chi connectivity index (χ4n) is 3.04. The minimum Gasteiger partial charge on any atom is -0.447 e. The molecule has 1 aromatic heterocycles. The summed E-state index contributed by atoms with van der Waals surface area (Å²) in [6.07, 6.45) is 0.609. The van der Waals surface area contributed by atoms with Crippen molar-refractivity contribution >= 4 is 17.9 Å². The van der Waals surface area contributed by atoms with Crippen LogP contribution in [0.3, 0.4) is 0 Å². The number of ether oxygens (including phenoxy) is 2. The van der Waals surface area contributed by atoms with E-state index in [1.807, 2.05) is 13.8 Å². The molecule has 1 fully saturated rings. The molecule has 156 valence electrons. The summed E-state index contributed by atoms with van der Waals surface area (Å²) >= 11 is 0. The minimum atomic E-state index is -2.90. The van der Waals surface area contributed by atoms with Crippen LogP contribution in [0.1, 0.15) is 31.9 Å². The number of halogens is 2. The van der Waals surface area contributed by atoms with Gasteiger partial charge in [0.1, 0.15) is 24.2 Å². The van der Waals surface area contributed by atoms with Crippen molar-refractivity contribution in [2.45, 2.75) is 45.1 Å². The molecule has 8 nitrogen and oxygen atoms in total. The lowest BCUT2D eigenvalue weighted by molar-refractivity contribution is -0.0498. The van der Waals surface area contributed by atoms with Crippen molar-refractivity contribution in [1.29, 1.82) is 0 Å². The zero-order chi connectivity index (χ0) is 21.0. The van der Waals surface area contributed by atoms with E-state index in [1.165, 1.54) is 23.2 Å². The average Bonchev–Trinajstić information content (AvgIpc) is 3.08. The molecule has 0 spiro atoms. The summed E-state index contributed by atoms with van der Waals surface area (Å²) in [5.41, 5.74) is 0.692. The highest BCUT2D eigenvalue weighted by Gasteiger charge is 2.39. The Bertz CT molecular complexity index is 854. The second-order valence-electron chi connectivity index (χ2n) is 6.55. The van der Waals surface area contributed by atoms with Gasteiger partial charge in [-0.05, 0) is 37.1 Å². The lowest BCUT2D eigenvalue weighted by atomic mass is 10.1. The molecule has 1 aromatic carbocycles. The maximum atomic E-state index is 12.4. The van der Waals surface area contributed by atoms with Gasteiger partial charge in [0, 0.05) is 6.20 Å². The van der Waals surface area contributed by atoms with Crippen molar-refractivity contribution in [2.24, 2.45) is 0 Å². The summed E-state index contributed by atoms with van der Waals surface area (Å²) in [5, 5.41) is 13.2. The van der Waals surface area contributed by atoms with E-state index in [-0.39, 0.29) is 24.3 Å². The number of aliphatic hydroxyl groups excluding tert-OH is 1. The lowest BCUT2D eigenvalue weighted by Crippen LogP contribution is -2.42. The predicted octanol–water partition coefficient (Wildman–Crippen LogP) is 3.35. The molecule has 0 saturated carbocycles. The molecule has 0 aliphatic carbocycles. The van der Waals surface area contributed by atoms with Crippen molar-refractivity contribution < 1.29 is 28.2 Å². The summed E-state index contributed by atoms with van der Waals surface area (Å²) in [4.78, 5) is 21.9. The van der Waals surface area contributed by atoms with Gasteiger partial charge in [-0.25, -0.2) is 9.78 Å². The van der Waals surface area contributed by atoms with E-state index in [9.17, 15) is 18.7 Å². The first-order valence-electron chi connectivity index (χ1n) is 9.17. The summed E-state index contributed by atoms with van der Waals surface area (Å²) in [6.45, 7) is 0.797. The number of carbonyl (C=O) groups excluding carboxylic acids is 1. The average molecular weight is 408 g/mol. The highest BCUT2D eigenvalue weighted by molar-refractivity contribution is 5.89. The van der Waals surface area contributed by atoms with Crippen LogP contribution in [0.4, 0.5) is 25.3 Å². The van der Waals surface area contributed by atoms with Crippen LogP contribution in [0.15, 0.2) is 36.5 Å². The topological polar surface area (TPSA) is 96.8 Å². The Morgan fingerprint density at radius 2 is 2.21 bits per heavy atom. The highest BCUT2D eigenvalue weighted by Crippen LogP contribution is 2.26. The fourth-order valence-corrected chi connectivity index (χ4v) is 3.04. The van der Waals surface area contributed by atoms with E-state index >= 15 is 0 Å². The Labute approximate surface area is 166 Å². The third kappa shape index (κ3) is 4.89. The zero-order valence-electron chi connectivity index (χ0n) is 16.0. The van der Waals surface area contributed by atoms with Gasteiger partial charge in [0.15, 0.2) is 0 Å². The first kappa shape index (κ1) is 20.7. The van der Waals surface area contributed by atoms with Crippen LogP contribution in [-0.4, -0.2) is 46.5 Å². The van der Waals surface area contributed by atoms with Crippen LogP contribution in [0.25, 0.3) is 0 Å². The first-order chi connectivity index (χ1) is 13.9. The number of nitrogens with one attached hydrogen (secondary N) is 1. The van der Waals surface area contributed by atoms with E-state index in [2.05, 4.69) is 20.0 Å². The van der Waals surface area contributed by atoms with E-state index in [0.717, 1.165) is 0 Å². The molecule has 2 heterocycles. The van der Waals surface area contributed by atoms with Crippen LogP contribution >= 0.6 is 0 Å². The molecular formula is C19H22F2N4O4. The number of hydrogen-bond donors (Lipinski definition) is 2. The Kier molecular flexibility index (Phi) is 6.42. The van der Waals surface area contributed by atoms with Gasteiger partial charge >= 0.3 is 12.7 Å². The van der Waals surface area contributed by atoms with E-state index in [1.54, 1.807) is 18.2 Å². The second-order valence-corrected chi connectivity index (χ2v) is 6.55. The molecule has 29 heavy (non-hydrogen) atoms. The number of cyclic esters (lactones) is 1. The predicted molar refractivity (Wildman–Crippen MR) is 101 cm³/mol. The number of aliphatic hydroxyl groups is 1. The maximum Gasteiger partial charge on any atom is 0.416 e. The molecular weight excluding hydrogens is 386 g/mol. The van der Waals surface area contributed by atoms with Gasteiger partial charge < -0.3 is 19.9 Å². The normalized spacial score (nSPS) is 18.5. The van der Waals surface area contributed by atoms with Gasteiger partial charge in [-0.2, -0.15) is 13.8 Å². The number of carbonyl (C=O) groups is 1. The maximum absolute atomic E-state index is 12.4. The van der Waals surface area contributed by atoms with Crippen LogP contribution in [0, 0.1) is 0 Å². The van der Waals surface area contributed by atoms with Gasteiger partial charge in [0.25, 0.3) is 0 Å². The number of rotatable bonds is 8. The van der Waals surface area contributed by atoms with E-state index in [0.29, 0.717) is 17.8 Å². The quantitative estimate of drug-likeness (QED) is 0.691. The number of alkyl halides is 2. The molecule has 1 amide bonds. The molecule has 1 saturated heterocycles. The molecule has 1 aliphatic heterocycles. The molecule has 3 atom stereocenters. The lowest BCUT2D eigenvalue weighted by Gasteiger charge is -2.24. The smallest absolute Gasteiger partial charge is 0.416 e. The van der Waals surface area contributed by atoms with E-state index in [4.69, 9.17) is 4.74 Å². The molecule has 3 rings (SSSR count). The Balaban J connectivity index is 1.77. The third-order valence-corrected chi connectivity index (χ3v) is 4.58. The SMILES string of the molecule is CC[C@@H](O)[C@H]1COC(=O)N1c1ccnc(N[C@@H](C)c2cccc(OC(F)F)c2)n1. The van der Waals surface area contributed by atoms with Gasteiger partial charge in [0.2, 0.25) is 5.95 Å². The monoisotopic (exact) mass is 408 g/mol. The molecule has 0 radical (unpaired) electrons. The largest absolute Gasteiger partial charge is 0.447 e. The number of benzene rings is 1. The van der Waals surface area contributed by atoms with Gasteiger partial charge in [-0.15, -0.1) is 0 Å². The van der Waals surface area contributed by atoms with E-state index < -0.39 is 24.9 Å². The summed E-state index contributed by atoms with van der Waals surface area (Å²) < 4.78 is 34.3. The number of aromatic nitrogens is 2. The number of nitrogens with zero attached hydrogens (tertiary/aromatic N) is 3. The van der Waals surface area contributed by atoms with Gasteiger partial charge in [-0.1, -0.05) is 19.1 Å². The highest BCUT2D eigenvalue weighted by atomic mass is 19.3. The molecule has 0 unspecified atom stereocenters. The Morgan fingerprint density at radius 1 is 1.41 bits per heavy atom. The molecule has 2 aromatic rings. The molecule has 2 N–H and O–H groups in total. The van der Waals surface area contributed by atoms with Gasteiger partial charge in [-0.3, -0.25) is 4.90 Å². The second kappa shape index (κ2) is 8.99. The number of anilines is 2. The molecule has 1 aliphatic rings. The summed E-state index contributed by atoms with van der Waals surface area (Å²) in [6, 6.07) is 7.00. The summed E-state index contributed by atoms with van der Waals surface area (Å²) in [7, 11) is 0. The molecule has 10 heteroatoms. The fraction of sp³-hybridized carbons (Fsp3) is 0.421. The summed E-state index contributed by atoms with van der Waals surface area (Å²) in [5.74, 6) is 0.584. The number of hydrogen-bond acceptors (Lipinski definition) is 7. The Hall–Kier alpha value is -3.01. The van der Waals surface area contributed by atoms with Crippen molar-refractivity contribution in [1.82, 2.24) is 9.97 Å². The van der Waals surface area contributed by atoms with Crippen LogP contribution in [-0.2, 0) is 4.74 Å². The van der Waals surface area contributed by atoms with Gasteiger partial charge in [0.05, 0.1) is 12.1 Å². The van der Waals surface area contributed by atoms with Crippen LogP contribution < -0.4 is 15.0 Å². The standard InChI is InChI=1S/C19H22F2N4O4/c1-3-15(26)14-10-28-19(27)25(14)16-7-8-22-18(24-16)23-11(2)12-5-4-6-13(9-12)29-17(20)21/h4-9,11,14-15,17,26H,3,10H2,1-2H3,(H,22,23,24)/t11-,14+,15+/m0/s1. The Morgan fingerprint density at radius 3 is 2.93 bits per heavy atom. The first-order valence-corrected chi connectivity index (χ1v) is 9.17. The van der Waals surface area contributed by atoms with Crippen molar-refractivity contribution in [3.05, 3.63) is 42.1 Å². The molecule has 0 bridgehead atoms.